The minimum absolute atomic E-state index is 0. The van der Waals surface area contributed by atoms with Crippen molar-refractivity contribution in [1.29, 1.82) is 0 Å². The number of hydrogen-bond acceptors (Lipinski definition) is 2. The molecule has 0 aliphatic heterocycles. The smallest absolute Gasteiger partial charge is 0.354 e. The summed E-state index contributed by atoms with van der Waals surface area (Å²) in [5.74, 6) is -0.995. The summed E-state index contributed by atoms with van der Waals surface area (Å²) in [4.78, 5) is 14.6. The molecule has 2 rings (SSSR count). The number of nitrogens with zero attached hydrogens (tertiary/aromatic N) is 1. The van der Waals surface area contributed by atoms with Gasteiger partial charge in [-0.1, -0.05) is 24.3 Å². The number of pyridine rings is 1. The summed E-state index contributed by atoms with van der Waals surface area (Å²) in [5, 5.41) is 9.63. The Morgan fingerprint density at radius 1 is 1.14 bits per heavy atom. The van der Waals surface area contributed by atoms with Gasteiger partial charge in [0, 0.05) is 31.6 Å². The SMILES string of the molecule is O=C(O)c1ccc2ccccc2n1.[Zr]. The molecular weight excluding hydrogens is 257 g/mol. The number of carboxylic acid groups (broad SMARTS) is 1. The van der Waals surface area contributed by atoms with Crippen molar-refractivity contribution in [3.05, 3.63) is 42.1 Å². The van der Waals surface area contributed by atoms with E-state index >= 15 is 0 Å². The molecule has 0 saturated heterocycles. The fourth-order valence-electron chi connectivity index (χ4n) is 1.19. The molecule has 0 fully saturated rings. The van der Waals surface area contributed by atoms with E-state index in [4.69, 9.17) is 5.11 Å². The predicted molar refractivity (Wildman–Crippen MR) is 48.7 cm³/mol. The standard InChI is InChI=1S/C10H7NO2.Zr/c12-10(13)9-6-5-7-3-1-2-4-8(7)11-9;/h1-6H,(H,12,13);. The summed E-state index contributed by atoms with van der Waals surface area (Å²) in [5.41, 5.74) is 0.793. The molecule has 3 nitrogen and oxygen atoms in total. The average Bonchev–Trinajstić information content (AvgIpc) is 2.17. The van der Waals surface area contributed by atoms with E-state index in [2.05, 4.69) is 4.98 Å². The molecule has 0 saturated carbocycles. The Balaban J connectivity index is 0.000000980. The number of fused-ring (bicyclic) bond motifs is 1. The second-order valence-electron chi connectivity index (χ2n) is 2.69. The third-order valence-electron chi connectivity index (χ3n) is 1.82. The predicted octanol–water partition coefficient (Wildman–Crippen LogP) is 1.93. The molecule has 4 heteroatoms. The van der Waals surface area contributed by atoms with Crippen LogP contribution in [0.2, 0.25) is 0 Å². The first-order chi connectivity index (χ1) is 6.27. The van der Waals surface area contributed by atoms with Crippen LogP contribution < -0.4 is 0 Å². The first-order valence-corrected chi connectivity index (χ1v) is 3.86. The van der Waals surface area contributed by atoms with Crippen molar-refractivity contribution >= 4 is 16.9 Å². The van der Waals surface area contributed by atoms with Crippen LogP contribution in [0.5, 0.6) is 0 Å². The van der Waals surface area contributed by atoms with E-state index in [1.165, 1.54) is 6.07 Å². The van der Waals surface area contributed by atoms with Crippen LogP contribution in [-0.4, -0.2) is 16.1 Å². The number of hydrogen-bond donors (Lipinski definition) is 1. The molecule has 1 heterocycles. The Morgan fingerprint density at radius 2 is 1.86 bits per heavy atom. The van der Waals surface area contributed by atoms with Gasteiger partial charge in [-0.05, 0) is 12.1 Å². The van der Waals surface area contributed by atoms with Crippen molar-refractivity contribution in [2.45, 2.75) is 0 Å². The zero-order valence-electron chi connectivity index (χ0n) is 7.27. The van der Waals surface area contributed by atoms with Gasteiger partial charge in [-0.2, -0.15) is 0 Å². The van der Waals surface area contributed by atoms with Gasteiger partial charge in [0.05, 0.1) is 5.52 Å². The molecule has 0 aliphatic carbocycles. The van der Waals surface area contributed by atoms with Gasteiger partial charge in [-0.25, -0.2) is 9.78 Å². The second-order valence-corrected chi connectivity index (χ2v) is 2.69. The Hall–Kier alpha value is -1.02. The van der Waals surface area contributed by atoms with Crippen molar-refractivity contribution in [2.24, 2.45) is 0 Å². The van der Waals surface area contributed by atoms with Crippen molar-refractivity contribution in [2.75, 3.05) is 0 Å². The summed E-state index contributed by atoms with van der Waals surface area (Å²) < 4.78 is 0. The molecule has 0 atom stereocenters. The molecule has 68 valence electrons. The normalized spacial score (nSPS) is 9.43. The maximum atomic E-state index is 10.6. The van der Waals surface area contributed by atoms with E-state index in [-0.39, 0.29) is 31.9 Å². The van der Waals surface area contributed by atoms with Crippen molar-refractivity contribution in [3.63, 3.8) is 0 Å². The van der Waals surface area contributed by atoms with Crippen LogP contribution >= 0.6 is 0 Å². The van der Waals surface area contributed by atoms with Crippen LogP contribution in [0.3, 0.4) is 0 Å². The molecule has 1 aromatic heterocycles. The molecule has 0 unspecified atom stereocenters. The van der Waals surface area contributed by atoms with Gasteiger partial charge in [0.1, 0.15) is 5.69 Å². The number of rotatable bonds is 1. The van der Waals surface area contributed by atoms with Gasteiger partial charge in [0.25, 0.3) is 0 Å². The summed E-state index contributed by atoms with van der Waals surface area (Å²) in [6, 6.07) is 10.7. The van der Waals surface area contributed by atoms with E-state index in [1.54, 1.807) is 12.1 Å². The van der Waals surface area contributed by atoms with Gasteiger partial charge in [-0.3, -0.25) is 0 Å². The van der Waals surface area contributed by atoms with Crippen LogP contribution in [0.1, 0.15) is 10.5 Å². The first-order valence-electron chi connectivity index (χ1n) is 3.86. The van der Waals surface area contributed by atoms with E-state index in [0.29, 0.717) is 5.52 Å². The minimum Gasteiger partial charge on any atom is -0.477 e. The van der Waals surface area contributed by atoms with Crippen LogP contribution in [0.25, 0.3) is 10.9 Å². The zero-order valence-corrected chi connectivity index (χ0v) is 9.72. The molecule has 1 N–H and O–H groups in total. The fourth-order valence-corrected chi connectivity index (χ4v) is 1.19. The molecule has 1 aromatic carbocycles. The molecule has 14 heavy (non-hydrogen) atoms. The van der Waals surface area contributed by atoms with Gasteiger partial charge >= 0.3 is 5.97 Å². The molecular formula is C10H7NO2Zr. The van der Waals surface area contributed by atoms with Crippen molar-refractivity contribution in [3.8, 4) is 0 Å². The van der Waals surface area contributed by atoms with E-state index < -0.39 is 5.97 Å². The number of para-hydroxylation sites is 1. The third kappa shape index (κ3) is 2.07. The van der Waals surface area contributed by atoms with E-state index in [9.17, 15) is 4.79 Å². The second kappa shape index (κ2) is 4.47. The molecule has 0 amide bonds. The quantitative estimate of drug-likeness (QED) is 0.856. The van der Waals surface area contributed by atoms with Gasteiger partial charge < -0.3 is 5.11 Å². The van der Waals surface area contributed by atoms with Crippen LogP contribution in [0, 0.1) is 0 Å². The van der Waals surface area contributed by atoms with Crippen LogP contribution in [-0.2, 0) is 26.2 Å². The number of aromatic nitrogens is 1. The topological polar surface area (TPSA) is 50.2 Å². The molecule has 2 aromatic rings. The van der Waals surface area contributed by atoms with E-state index in [1.807, 2.05) is 18.2 Å². The Kier molecular flexibility index (Phi) is 3.53. The summed E-state index contributed by atoms with van der Waals surface area (Å²) >= 11 is 0. The molecule has 0 bridgehead atoms. The number of carbonyl (C=O) groups is 1. The van der Waals surface area contributed by atoms with Gasteiger partial charge in [0.2, 0.25) is 0 Å². The number of carboxylic acids is 1. The number of benzene rings is 1. The van der Waals surface area contributed by atoms with Crippen LogP contribution in [0.15, 0.2) is 36.4 Å². The van der Waals surface area contributed by atoms with Gasteiger partial charge in [0.15, 0.2) is 0 Å². The van der Waals surface area contributed by atoms with Crippen LogP contribution in [0.4, 0.5) is 0 Å². The van der Waals surface area contributed by atoms with Crippen molar-refractivity contribution in [1.82, 2.24) is 4.98 Å². The number of aromatic carboxylic acids is 1. The van der Waals surface area contributed by atoms with E-state index in [0.717, 1.165) is 5.39 Å². The van der Waals surface area contributed by atoms with Gasteiger partial charge in [-0.15, -0.1) is 0 Å². The maximum absolute atomic E-state index is 10.6. The Labute approximate surface area is 99.9 Å². The minimum atomic E-state index is -0.995. The molecule has 0 spiro atoms. The average molecular weight is 264 g/mol. The van der Waals surface area contributed by atoms with Crippen molar-refractivity contribution < 1.29 is 36.1 Å². The first kappa shape index (κ1) is 11.1. The Bertz CT molecular complexity index is 470. The largest absolute Gasteiger partial charge is 0.477 e. The summed E-state index contributed by atoms with van der Waals surface area (Å²) in [6.45, 7) is 0. The maximum Gasteiger partial charge on any atom is 0.354 e. The third-order valence-corrected chi connectivity index (χ3v) is 1.82. The molecule has 0 radical (unpaired) electrons. The molecule has 0 aliphatic rings. The monoisotopic (exact) mass is 263 g/mol. The fraction of sp³-hybridized carbons (Fsp3) is 0. The summed E-state index contributed by atoms with van der Waals surface area (Å²) in [7, 11) is 0. The zero-order chi connectivity index (χ0) is 9.26. The Morgan fingerprint density at radius 3 is 2.57 bits per heavy atom. The summed E-state index contributed by atoms with van der Waals surface area (Å²) in [6.07, 6.45) is 0.